The molecule has 0 saturated heterocycles. The monoisotopic (exact) mass is 316 g/mol. The molecule has 0 radical (unpaired) electrons. The number of hydrogen-bond acceptors (Lipinski definition) is 5. The Morgan fingerprint density at radius 3 is 2.43 bits per heavy atom. The highest BCUT2D eigenvalue weighted by Crippen LogP contribution is 2.39. The first-order valence-electron chi connectivity index (χ1n) is 7.20. The zero-order valence-corrected chi connectivity index (χ0v) is 12.1. The van der Waals surface area contributed by atoms with Crippen LogP contribution in [0.1, 0.15) is 21.5 Å². The van der Waals surface area contributed by atoms with Crippen LogP contribution >= 0.6 is 0 Å². The molecule has 0 amide bonds. The van der Waals surface area contributed by atoms with E-state index in [4.69, 9.17) is 14.2 Å². The van der Waals surface area contributed by atoms with Crippen molar-refractivity contribution >= 4 is 5.97 Å². The van der Waals surface area contributed by atoms with Crippen LogP contribution in [0.15, 0.2) is 24.3 Å². The van der Waals surface area contributed by atoms with Crippen molar-refractivity contribution in [3.05, 3.63) is 46.8 Å². The van der Waals surface area contributed by atoms with Gasteiger partial charge in [-0.25, -0.2) is 9.18 Å². The minimum atomic E-state index is -0.478. The van der Waals surface area contributed by atoms with Gasteiger partial charge in [-0.15, -0.1) is 0 Å². The Morgan fingerprint density at radius 2 is 1.70 bits per heavy atom. The minimum absolute atomic E-state index is 0.0827. The molecule has 0 unspecified atom stereocenters. The standard InChI is InChI=1S/C17H13FO5/c18-14-3-10-8-23-17(20)12(10)5-13(14)11-6-16-15(4-9(11)7-19)21-1-2-22-16/h3-6,19H,1-2,7-8H2. The molecule has 5 nitrogen and oxygen atoms in total. The summed E-state index contributed by atoms with van der Waals surface area (Å²) in [5.41, 5.74) is 2.07. The van der Waals surface area contributed by atoms with E-state index in [0.29, 0.717) is 47.0 Å². The number of esters is 1. The van der Waals surface area contributed by atoms with Crippen LogP contribution in [0.2, 0.25) is 0 Å². The van der Waals surface area contributed by atoms with E-state index in [9.17, 15) is 14.3 Å². The van der Waals surface area contributed by atoms with E-state index in [1.807, 2.05) is 0 Å². The number of halogens is 1. The Kier molecular flexibility index (Phi) is 3.20. The highest BCUT2D eigenvalue weighted by molar-refractivity contribution is 5.95. The Labute approximate surface area is 131 Å². The molecule has 0 fully saturated rings. The third-order valence-electron chi connectivity index (χ3n) is 4.00. The largest absolute Gasteiger partial charge is 0.486 e. The number of ether oxygens (including phenoxy) is 3. The van der Waals surface area contributed by atoms with Crippen LogP contribution in [0.3, 0.4) is 0 Å². The molecule has 23 heavy (non-hydrogen) atoms. The first-order valence-corrected chi connectivity index (χ1v) is 7.20. The molecule has 1 N–H and O–H groups in total. The van der Waals surface area contributed by atoms with Crippen molar-refractivity contribution in [1.82, 2.24) is 0 Å². The maximum absolute atomic E-state index is 14.5. The second-order valence-corrected chi connectivity index (χ2v) is 5.38. The molecule has 6 heteroatoms. The van der Waals surface area contributed by atoms with Crippen LogP contribution in [0, 0.1) is 5.82 Å². The summed E-state index contributed by atoms with van der Waals surface area (Å²) in [5.74, 6) is 0.0636. The third kappa shape index (κ3) is 2.22. The van der Waals surface area contributed by atoms with Gasteiger partial charge in [-0.2, -0.15) is 0 Å². The molecule has 2 aromatic rings. The van der Waals surface area contributed by atoms with Crippen LogP contribution in [0.25, 0.3) is 11.1 Å². The van der Waals surface area contributed by atoms with Crippen LogP contribution in [0.4, 0.5) is 4.39 Å². The number of rotatable bonds is 2. The number of carbonyl (C=O) groups excluding carboxylic acids is 1. The Morgan fingerprint density at radius 1 is 0.957 bits per heavy atom. The quantitative estimate of drug-likeness (QED) is 0.862. The molecular formula is C17H13FO5. The average molecular weight is 316 g/mol. The van der Waals surface area contributed by atoms with Gasteiger partial charge in [0, 0.05) is 11.1 Å². The van der Waals surface area contributed by atoms with Gasteiger partial charge in [-0.05, 0) is 35.4 Å². The van der Waals surface area contributed by atoms with E-state index < -0.39 is 11.8 Å². The van der Waals surface area contributed by atoms with Gasteiger partial charge in [0.1, 0.15) is 25.6 Å². The number of aliphatic hydroxyl groups excluding tert-OH is 1. The first-order chi connectivity index (χ1) is 11.2. The van der Waals surface area contributed by atoms with E-state index in [1.165, 1.54) is 12.1 Å². The zero-order valence-electron chi connectivity index (χ0n) is 12.1. The van der Waals surface area contributed by atoms with Crippen molar-refractivity contribution in [2.24, 2.45) is 0 Å². The zero-order chi connectivity index (χ0) is 16.0. The number of hydrogen-bond donors (Lipinski definition) is 1. The van der Waals surface area contributed by atoms with Crippen molar-refractivity contribution < 1.29 is 28.5 Å². The maximum Gasteiger partial charge on any atom is 0.338 e. The minimum Gasteiger partial charge on any atom is -0.486 e. The third-order valence-corrected chi connectivity index (χ3v) is 4.00. The summed E-state index contributed by atoms with van der Waals surface area (Å²) in [7, 11) is 0. The number of benzene rings is 2. The molecule has 2 aliphatic rings. The lowest BCUT2D eigenvalue weighted by Crippen LogP contribution is -2.15. The van der Waals surface area contributed by atoms with Crippen LogP contribution < -0.4 is 9.47 Å². The molecule has 0 aliphatic carbocycles. The highest BCUT2D eigenvalue weighted by atomic mass is 19.1. The Balaban J connectivity index is 1.90. The van der Waals surface area contributed by atoms with Gasteiger partial charge >= 0.3 is 5.97 Å². The van der Waals surface area contributed by atoms with Crippen molar-refractivity contribution in [2.75, 3.05) is 13.2 Å². The fraction of sp³-hybridized carbons (Fsp3) is 0.235. The molecule has 0 aromatic heterocycles. The van der Waals surface area contributed by atoms with Gasteiger partial charge in [0.15, 0.2) is 11.5 Å². The molecule has 118 valence electrons. The van der Waals surface area contributed by atoms with E-state index in [0.717, 1.165) is 0 Å². The number of cyclic esters (lactones) is 1. The fourth-order valence-electron chi connectivity index (χ4n) is 2.86. The van der Waals surface area contributed by atoms with E-state index in [1.54, 1.807) is 12.1 Å². The number of fused-ring (bicyclic) bond motifs is 2. The average Bonchev–Trinajstić information content (AvgIpc) is 2.93. The second-order valence-electron chi connectivity index (χ2n) is 5.38. The highest BCUT2D eigenvalue weighted by Gasteiger charge is 2.25. The lowest BCUT2D eigenvalue weighted by molar-refractivity contribution is 0.0535. The van der Waals surface area contributed by atoms with Crippen molar-refractivity contribution in [2.45, 2.75) is 13.2 Å². The lowest BCUT2D eigenvalue weighted by atomic mass is 9.95. The molecule has 4 rings (SSSR count). The van der Waals surface area contributed by atoms with Crippen LogP contribution in [-0.4, -0.2) is 24.3 Å². The van der Waals surface area contributed by atoms with Gasteiger partial charge in [0.25, 0.3) is 0 Å². The second kappa shape index (κ2) is 5.24. The summed E-state index contributed by atoms with van der Waals surface area (Å²) in [5, 5.41) is 9.61. The molecule has 2 aromatic carbocycles. The molecular weight excluding hydrogens is 303 g/mol. The van der Waals surface area contributed by atoms with Crippen LogP contribution in [-0.2, 0) is 18.0 Å². The summed E-state index contributed by atoms with van der Waals surface area (Å²) in [4.78, 5) is 11.7. The van der Waals surface area contributed by atoms with E-state index >= 15 is 0 Å². The summed E-state index contributed by atoms with van der Waals surface area (Å²) < 4.78 is 30.4. The van der Waals surface area contributed by atoms with Crippen molar-refractivity contribution in [1.29, 1.82) is 0 Å². The number of aliphatic hydroxyl groups is 1. The molecule has 0 atom stereocenters. The Bertz CT molecular complexity index is 815. The Hall–Kier alpha value is -2.60. The van der Waals surface area contributed by atoms with E-state index in [-0.39, 0.29) is 18.8 Å². The van der Waals surface area contributed by atoms with Crippen molar-refractivity contribution in [3.63, 3.8) is 0 Å². The smallest absolute Gasteiger partial charge is 0.338 e. The summed E-state index contributed by atoms with van der Waals surface area (Å²) in [6, 6.07) is 6.03. The molecule has 0 bridgehead atoms. The predicted octanol–water partition coefficient (Wildman–Crippen LogP) is 2.43. The summed E-state index contributed by atoms with van der Waals surface area (Å²) in [6.45, 7) is 0.631. The fourth-order valence-corrected chi connectivity index (χ4v) is 2.86. The lowest BCUT2D eigenvalue weighted by Gasteiger charge is -2.21. The van der Waals surface area contributed by atoms with Gasteiger partial charge in [0.05, 0.1) is 12.2 Å². The molecule has 0 saturated carbocycles. The molecule has 0 spiro atoms. The molecule has 2 heterocycles. The number of carbonyl (C=O) groups is 1. The SMILES string of the molecule is O=C1OCc2cc(F)c(-c3cc4c(cc3CO)OCCO4)cc21. The molecule has 2 aliphatic heterocycles. The summed E-state index contributed by atoms with van der Waals surface area (Å²) in [6.07, 6.45) is 0. The van der Waals surface area contributed by atoms with Crippen LogP contribution in [0.5, 0.6) is 11.5 Å². The first kappa shape index (κ1) is 14.0. The van der Waals surface area contributed by atoms with Gasteiger partial charge < -0.3 is 19.3 Å². The van der Waals surface area contributed by atoms with Gasteiger partial charge in [-0.1, -0.05) is 0 Å². The maximum atomic E-state index is 14.5. The van der Waals surface area contributed by atoms with E-state index in [2.05, 4.69) is 0 Å². The van der Waals surface area contributed by atoms with Gasteiger partial charge in [0.2, 0.25) is 0 Å². The summed E-state index contributed by atoms with van der Waals surface area (Å²) >= 11 is 0. The normalized spacial score (nSPS) is 15.3. The predicted molar refractivity (Wildman–Crippen MR) is 77.9 cm³/mol. The topological polar surface area (TPSA) is 65.0 Å². The van der Waals surface area contributed by atoms with Crippen molar-refractivity contribution in [3.8, 4) is 22.6 Å². The van der Waals surface area contributed by atoms with Gasteiger partial charge in [-0.3, -0.25) is 0 Å².